The van der Waals surface area contributed by atoms with Crippen LogP contribution in [0.1, 0.15) is 18.3 Å². The van der Waals surface area contributed by atoms with Gasteiger partial charge in [-0.05, 0) is 26.0 Å². The van der Waals surface area contributed by atoms with Gasteiger partial charge in [-0.1, -0.05) is 30.3 Å². The van der Waals surface area contributed by atoms with Crippen LogP contribution in [0.3, 0.4) is 0 Å². The number of rotatable bonds is 6. The maximum Gasteiger partial charge on any atom is 0.110 e. The zero-order valence-electron chi connectivity index (χ0n) is 11.1. The highest BCUT2D eigenvalue weighted by atomic mass is 15.1. The lowest BCUT2D eigenvalue weighted by Crippen LogP contribution is -2.31. The van der Waals surface area contributed by atoms with Crippen molar-refractivity contribution in [3.63, 3.8) is 0 Å². The third-order valence-electron chi connectivity index (χ3n) is 3.30. The second kappa shape index (κ2) is 6.36. The van der Waals surface area contributed by atoms with E-state index in [-0.39, 0.29) is 0 Å². The molecule has 1 aromatic carbocycles. The van der Waals surface area contributed by atoms with Crippen molar-refractivity contribution in [3.05, 3.63) is 54.1 Å². The molecule has 96 valence electrons. The second-order valence-electron chi connectivity index (χ2n) is 4.51. The third-order valence-corrected chi connectivity index (χ3v) is 3.30. The minimum atomic E-state index is 0.431. The van der Waals surface area contributed by atoms with Crippen molar-refractivity contribution < 1.29 is 0 Å². The van der Waals surface area contributed by atoms with Gasteiger partial charge in [-0.2, -0.15) is 0 Å². The molecule has 1 heterocycles. The van der Waals surface area contributed by atoms with Gasteiger partial charge in [0.05, 0.1) is 0 Å². The Balaban J connectivity index is 2.02. The first-order valence-corrected chi connectivity index (χ1v) is 6.54. The van der Waals surface area contributed by atoms with Gasteiger partial charge >= 0.3 is 0 Å². The Kier molecular flexibility index (Phi) is 4.53. The number of benzene rings is 1. The smallest absolute Gasteiger partial charge is 0.110 e. The summed E-state index contributed by atoms with van der Waals surface area (Å²) in [4.78, 5) is 4.44. The van der Waals surface area contributed by atoms with Gasteiger partial charge in [0.25, 0.3) is 0 Å². The molecule has 1 atom stereocenters. The highest BCUT2D eigenvalue weighted by molar-refractivity contribution is 5.16. The lowest BCUT2D eigenvalue weighted by atomic mass is 10.0. The number of aromatic nitrogens is 2. The van der Waals surface area contributed by atoms with Gasteiger partial charge in [-0.25, -0.2) is 4.98 Å². The number of likely N-dealkylation sites (N-methyl/N-ethyl adjacent to an activating group) is 1. The van der Waals surface area contributed by atoms with E-state index in [1.165, 1.54) is 5.56 Å². The minimum absolute atomic E-state index is 0.431. The van der Waals surface area contributed by atoms with Crippen molar-refractivity contribution in [1.82, 2.24) is 14.9 Å². The Morgan fingerprint density at radius 3 is 2.67 bits per heavy atom. The average Bonchev–Trinajstić information content (AvgIpc) is 2.86. The summed E-state index contributed by atoms with van der Waals surface area (Å²) in [6.45, 7) is 3.13. The normalized spacial score (nSPS) is 12.6. The molecule has 0 amide bonds. The van der Waals surface area contributed by atoms with E-state index in [9.17, 15) is 0 Å². The van der Waals surface area contributed by atoms with Gasteiger partial charge in [0.2, 0.25) is 0 Å². The van der Waals surface area contributed by atoms with Crippen LogP contribution in [0.4, 0.5) is 0 Å². The van der Waals surface area contributed by atoms with E-state index < -0.39 is 0 Å². The molecule has 1 N–H and O–H groups in total. The summed E-state index contributed by atoms with van der Waals surface area (Å²) < 4.78 is 2.20. The molecular weight excluding hydrogens is 222 g/mol. The first-order chi connectivity index (χ1) is 8.83. The summed E-state index contributed by atoms with van der Waals surface area (Å²) >= 11 is 0. The molecule has 3 heteroatoms. The molecule has 0 bridgehead atoms. The van der Waals surface area contributed by atoms with Gasteiger partial charge in [0.15, 0.2) is 0 Å². The second-order valence-corrected chi connectivity index (χ2v) is 4.51. The van der Waals surface area contributed by atoms with Gasteiger partial charge in [0, 0.05) is 31.4 Å². The van der Waals surface area contributed by atoms with Crippen LogP contribution in [-0.2, 0) is 19.4 Å². The molecule has 0 saturated heterocycles. The summed E-state index contributed by atoms with van der Waals surface area (Å²) in [6.07, 6.45) is 5.93. The molecule has 1 aromatic heterocycles. The Morgan fingerprint density at radius 2 is 2.00 bits per heavy atom. The third kappa shape index (κ3) is 3.20. The molecule has 18 heavy (non-hydrogen) atoms. The minimum Gasteiger partial charge on any atom is -0.335 e. The van der Waals surface area contributed by atoms with E-state index in [0.29, 0.717) is 6.04 Å². The average molecular weight is 243 g/mol. The highest BCUT2D eigenvalue weighted by Crippen LogP contribution is 2.08. The quantitative estimate of drug-likeness (QED) is 0.843. The molecule has 0 aliphatic heterocycles. The summed E-state index contributed by atoms with van der Waals surface area (Å²) in [6, 6.07) is 11.0. The van der Waals surface area contributed by atoms with Crippen molar-refractivity contribution in [2.75, 3.05) is 7.05 Å². The van der Waals surface area contributed by atoms with Crippen molar-refractivity contribution in [3.8, 4) is 0 Å². The number of nitrogens with one attached hydrogen (secondary N) is 1. The van der Waals surface area contributed by atoms with Crippen LogP contribution in [0.25, 0.3) is 0 Å². The van der Waals surface area contributed by atoms with Crippen molar-refractivity contribution in [2.24, 2.45) is 0 Å². The summed E-state index contributed by atoms with van der Waals surface area (Å²) in [5.41, 5.74) is 1.37. The van der Waals surface area contributed by atoms with Gasteiger partial charge in [-0.3, -0.25) is 0 Å². The topological polar surface area (TPSA) is 29.9 Å². The fourth-order valence-electron chi connectivity index (χ4n) is 2.21. The molecular formula is C15H21N3. The van der Waals surface area contributed by atoms with Gasteiger partial charge in [-0.15, -0.1) is 0 Å². The number of aryl methyl sites for hydroxylation is 1. The highest BCUT2D eigenvalue weighted by Gasteiger charge is 2.11. The SMILES string of the molecule is CCn1ccnc1CC(Cc1ccccc1)NC. The van der Waals surface area contributed by atoms with E-state index in [2.05, 4.69) is 52.1 Å². The van der Waals surface area contributed by atoms with E-state index in [4.69, 9.17) is 0 Å². The molecule has 0 aliphatic carbocycles. The molecule has 3 nitrogen and oxygen atoms in total. The zero-order chi connectivity index (χ0) is 12.8. The maximum absolute atomic E-state index is 4.44. The molecule has 0 radical (unpaired) electrons. The Labute approximate surface area is 109 Å². The largest absolute Gasteiger partial charge is 0.335 e. The fourth-order valence-corrected chi connectivity index (χ4v) is 2.21. The summed E-state index contributed by atoms with van der Waals surface area (Å²) in [7, 11) is 2.02. The predicted octanol–water partition coefficient (Wildman–Crippen LogP) is 2.28. The Bertz CT molecular complexity index is 462. The van der Waals surface area contributed by atoms with Crippen LogP contribution in [0.2, 0.25) is 0 Å². The van der Waals surface area contributed by atoms with E-state index in [0.717, 1.165) is 25.2 Å². The fraction of sp³-hybridized carbons (Fsp3) is 0.400. The summed E-state index contributed by atoms with van der Waals surface area (Å²) in [5, 5.41) is 3.39. The zero-order valence-corrected chi connectivity index (χ0v) is 11.1. The molecule has 2 rings (SSSR count). The molecule has 0 aliphatic rings. The number of nitrogens with zero attached hydrogens (tertiary/aromatic N) is 2. The van der Waals surface area contributed by atoms with Crippen molar-refractivity contribution in [2.45, 2.75) is 32.4 Å². The molecule has 0 fully saturated rings. The van der Waals surface area contributed by atoms with Crippen molar-refractivity contribution >= 4 is 0 Å². The van der Waals surface area contributed by atoms with Crippen molar-refractivity contribution in [1.29, 1.82) is 0 Å². The molecule has 0 spiro atoms. The van der Waals surface area contributed by atoms with Gasteiger partial charge < -0.3 is 9.88 Å². The van der Waals surface area contributed by atoms with E-state index in [1.807, 2.05) is 19.4 Å². The lowest BCUT2D eigenvalue weighted by Gasteiger charge is -2.16. The standard InChI is InChI=1S/C15H21N3/c1-3-18-10-9-17-15(18)12-14(16-2)11-13-7-5-4-6-8-13/h4-10,14,16H,3,11-12H2,1-2H3. The van der Waals surface area contributed by atoms with Crippen LogP contribution in [-0.4, -0.2) is 22.6 Å². The number of hydrogen-bond acceptors (Lipinski definition) is 2. The predicted molar refractivity (Wildman–Crippen MR) is 74.6 cm³/mol. The van der Waals surface area contributed by atoms with Crippen LogP contribution in [0.5, 0.6) is 0 Å². The van der Waals surface area contributed by atoms with Gasteiger partial charge in [0.1, 0.15) is 5.82 Å². The maximum atomic E-state index is 4.44. The number of imidazole rings is 1. The van der Waals surface area contributed by atoms with Crippen LogP contribution < -0.4 is 5.32 Å². The monoisotopic (exact) mass is 243 g/mol. The Hall–Kier alpha value is -1.61. The molecule has 0 saturated carbocycles. The summed E-state index contributed by atoms with van der Waals surface area (Å²) in [5.74, 6) is 1.16. The molecule has 1 unspecified atom stereocenters. The first kappa shape index (κ1) is 12.8. The van der Waals surface area contributed by atoms with Crippen LogP contribution in [0, 0.1) is 0 Å². The Morgan fingerprint density at radius 1 is 1.22 bits per heavy atom. The first-order valence-electron chi connectivity index (χ1n) is 6.54. The van der Waals surface area contributed by atoms with Crippen LogP contribution in [0.15, 0.2) is 42.7 Å². The lowest BCUT2D eigenvalue weighted by molar-refractivity contribution is 0.527. The molecule has 2 aromatic rings. The number of hydrogen-bond donors (Lipinski definition) is 1. The van der Waals surface area contributed by atoms with Crippen LogP contribution >= 0.6 is 0 Å². The van der Waals surface area contributed by atoms with E-state index in [1.54, 1.807) is 0 Å². The van der Waals surface area contributed by atoms with E-state index >= 15 is 0 Å².